The molecular formula is C38H30N4O6. The number of hydrogen-bond donors (Lipinski definition) is 2. The number of nitro groups is 1. The number of nitrogens with one attached hydrogen (secondary N) is 1. The summed E-state index contributed by atoms with van der Waals surface area (Å²) in [5.74, 6) is 0.927. The standard InChI is InChI=1S/C38H30N4O6/c1-24-34(36(26-13-3-2-4-14-26)41(40-24)31-20-7-8-21-32(31)42(45)46)30-18-10-17-28-29(37(39-35(28)30)48-38(43)44)19-11-23-47-33-22-9-15-25-12-5-6-16-27(25)33/h2-10,12-18,20-22,39H,11,19,23H2,1H3,(H,43,44). The summed E-state index contributed by atoms with van der Waals surface area (Å²) in [5, 5.41) is 29.4. The summed E-state index contributed by atoms with van der Waals surface area (Å²) in [4.78, 5) is 26.7. The van der Waals surface area contributed by atoms with Gasteiger partial charge in [0.2, 0.25) is 5.88 Å². The molecule has 48 heavy (non-hydrogen) atoms. The Hall–Kier alpha value is -6.42. The molecular weight excluding hydrogens is 608 g/mol. The molecule has 2 heterocycles. The van der Waals surface area contributed by atoms with Gasteiger partial charge >= 0.3 is 6.16 Å². The molecule has 2 aromatic heterocycles. The van der Waals surface area contributed by atoms with Gasteiger partial charge in [0.25, 0.3) is 5.69 Å². The average Bonchev–Trinajstić information content (AvgIpc) is 3.63. The van der Waals surface area contributed by atoms with Gasteiger partial charge in [-0.3, -0.25) is 10.1 Å². The Morgan fingerprint density at radius 2 is 1.60 bits per heavy atom. The van der Waals surface area contributed by atoms with E-state index in [1.165, 1.54) is 6.07 Å². The second-order valence-electron chi connectivity index (χ2n) is 11.3. The summed E-state index contributed by atoms with van der Waals surface area (Å²) in [6.45, 7) is 2.27. The van der Waals surface area contributed by atoms with E-state index in [1.807, 2.05) is 97.9 Å². The number of aromatic nitrogens is 3. The van der Waals surface area contributed by atoms with Crippen LogP contribution in [0.1, 0.15) is 17.7 Å². The smallest absolute Gasteiger partial charge is 0.493 e. The van der Waals surface area contributed by atoms with Crippen LogP contribution in [0.2, 0.25) is 0 Å². The minimum absolute atomic E-state index is 0.0769. The Bertz CT molecular complexity index is 2300. The fourth-order valence-corrected chi connectivity index (χ4v) is 6.32. The third-order valence-corrected chi connectivity index (χ3v) is 8.35. The molecule has 10 heteroatoms. The molecule has 0 aliphatic rings. The van der Waals surface area contributed by atoms with Crippen LogP contribution in [0.3, 0.4) is 0 Å². The number of carbonyl (C=O) groups is 1. The second kappa shape index (κ2) is 12.8. The molecule has 0 aliphatic heterocycles. The summed E-state index contributed by atoms with van der Waals surface area (Å²) in [6.07, 6.45) is -0.348. The summed E-state index contributed by atoms with van der Waals surface area (Å²) >= 11 is 0. The Morgan fingerprint density at radius 1 is 0.896 bits per heavy atom. The van der Waals surface area contributed by atoms with Gasteiger partial charge in [0.05, 0.1) is 28.4 Å². The number of rotatable bonds is 10. The minimum atomic E-state index is -1.43. The Morgan fingerprint density at radius 3 is 2.42 bits per heavy atom. The van der Waals surface area contributed by atoms with Crippen LogP contribution in [0.5, 0.6) is 11.6 Å². The van der Waals surface area contributed by atoms with Crippen molar-refractivity contribution in [2.24, 2.45) is 0 Å². The predicted octanol–water partition coefficient (Wildman–Crippen LogP) is 9.13. The number of H-pyrrole nitrogens is 1. The quantitative estimate of drug-likeness (QED) is 0.0661. The van der Waals surface area contributed by atoms with Crippen molar-refractivity contribution >= 4 is 33.5 Å². The van der Waals surface area contributed by atoms with E-state index >= 15 is 0 Å². The van der Waals surface area contributed by atoms with E-state index in [0.29, 0.717) is 47.6 Å². The van der Waals surface area contributed by atoms with E-state index in [-0.39, 0.29) is 11.6 Å². The molecule has 7 rings (SSSR count). The van der Waals surface area contributed by atoms with Crippen LogP contribution in [0, 0.1) is 17.0 Å². The van der Waals surface area contributed by atoms with Crippen molar-refractivity contribution in [2.45, 2.75) is 19.8 Å². The zero-order valence-electron chi connectivity index (χ0n) is 25.9. The SMILES string of the molecule is Cc1nn(-c2ccccc2[N+](=O)[O-])c(-c2ccccc2)c1-c1cccc2c(CCCOc3cccc4ccccc34)c(OC(=O)O)[nH]c12. The van der Waals surface area contributed by atoms with Crippen molar-refractivity contribution < 1.29 is 24.3 Å². The third-order valence-electron chi connectivity index (χ3n) is 8.35. The summed E-state index contributed by atoms with van der Waals surface area (Å²) < 4.78 is 13.1. The number of benzene rings is 5. The number of carboxylic acid groups (broad SMARTS) is 1. The number of hydrogen-bond acceptors (Lipinski definition) is 6. The Balaban J connectivity index is 1.31. The molecule has 7 aromatic rings. The van der Waals surface area contributed by atoms with Gasteiger partial charge in [0.15, 0.2) is 0 Å². The van der Waals surface area contributed by atoms with Gasteiger partial charge < -0.3 is 19.6 Å². The lowest BCUT2D eigenvalue weighted by atomic mass is 9.96. The minimum Gasteiger partial charge on any atom is -0.493 e. The van der Waals surface area contributed by atoms with Crippen LogP contribution in [0.15, 0.2) is 115 Å². The van der Waals surface area contributed by atoms with Crippen molar-refractivity contribution in [1.29, 1.82) is 0 Å². The number of para-hydroxylation sites is 3. The monoisotopic (exact) mass is 638 g/mol. The summed E-state index contributed by atoms with van der Waals surface area (Å²) in [6, 6.07) is 35.8. The lowest BCUT2D eigenvalue weighted by molar-refractivity contribution is -0.384. The molecule has 0 amide bonds. The fourth-order valence-electron chi connectivity index (χ4n) is 6.32. The molecule has 0 aliphatic carbocycles. The first-order valence-electron chi connectivity index (χ1n) is 15.4. The van der Waals surface area contributed by atoms with Crippen molar-refractivity contribution in [3.05, 3.63) is 137 Å². The van der Waals surface area contributed by atoms with Crippen LogP contribution in [0.4, 0.5) is 10.5 Å². The third kappa shape index (κ3) is 5.60. The van der Waals surface area contributed by atoms with E-state index in [0.717, 1.165) is 38.6 Å². The molecule has 0 saturated carbocycles. The van der Waals surface area contributed by atoms with Gasteiger partial charge in [-0.15, -0.1) is 0 Å². The van der Waals surface area contributed by atoms with Crippen LogP contribution >= 0.6 is 0 Å². The molecule has 0 saturated heterocycles. The van der Waals surface area contributed by atoms with E-state index < -0.39 is 11.1 Å². The largest absolute Gasteiger partial charge is 0.512 e. The zero-order valence-corrected chi connectivity index (χ0v) is 25.9. The molecule has 0 atom stereocenters. The molecule has 0 bridgehead atoms. The highest BCUT2D eigenvalue weighted by Gasteiger charge is 2.27. The van der Waals surface area contributed by atoms with Crippen molar-refractivity contribution in [1.82, 2.24) is 14.8 Å². The van der Waals surface area contributed by atoms with E-state index in [1.54, 1.807) is 22.9 Å². The number of nitro benzene ring substituents is 1. The van der Waals surface area contributed by atoms with Crippen LogP contribution < -0.4 is 9.47 Å². The van der Waals surface area contributed by atoms with Crippen LogP contribution in [0.25, 0.3) is 49.7 Å². The van der Waals surface area contributed by atoms with Crippen molar-refractivity contribution in [3.63, 3.8) is 0 Å². The Labute approximate surface area is 275 Å². The maximum atomic E-state index is 12.0. The van der Waals surface area contributed by atoms with E-state index in [9.17, 15) is 20.0 Å². The molecule has 0 unspecified atom stereocenters. The number of aryl methyl sites for hydroxylation is 2. The molecule has 238 valence electrons. The van der Waals surface area contributed by atoms with Crippen molar-refractivity contribution in [2.75, 3.05) is 6.61 Å². The fraction of sp³-hybridized carbons (Fsp3) is 0.105. The molecule has 5 aromatic carbocycles. The van der Waals surface area contributed by atoms with Gasteiger partial charge in [-0.1, -0.05) is 97.1 Å². The van der Waals surface area contributed by atoms with Crippen LogP contribution in [-0.4, -0.2) is 37.6 Å². The second-order valence-corrected chi connectivity index (χ2v) is 11.3. The van der Waals surface area contributed by atoms with Gasteiger partial charge in [-0.25, -0.2) is 9.48 Å². The zero-order chi connectivity index (χ0) is 33.2. The number of aromatic amines is 1. The highest BCUT2D eigenvalue weighted by Crippen LogP contribution is 2.43. The first-order chi connectivity index (χ1) is 23.4. The maximum absolute atomic E-state index is 12.0. The summed E-state index contributed by atoms with van der Waals surface area (Å²) in [7, 11) is 0. The van der Waals surface area contributed by atoms with E-state index in [4.69, 9.17) is 14.6 Å². The molecule has 0 fully saturated rings. The number of fused-ring (bicyclic) bond motifs is 2. The lowest BCUT2D eigenvalue weighted by Crippen LogP contribution is -2.06. The van der Waals surface area contributed by atoms with Gasteiger partial charge in [0.1, 0.15) is 11.4 Å². The van der Waals surface area contributed by atoms with Crippen molar-refractivity contribution in [3.8, 4) is 39.7 Å². The van der Waals surface area contributed by atoms with Gasteiger partial charge in [0, 0.05) is 39.1 Å². The molecule has 10 nitrogen and oxygen atoms in total. The highest BCUT2D eigenvalue weighted by atomic mass is 16.7. The van der Waals surface area contributed by atoms with Gasteiger partial charge in [-0.2, -0.15) is 5.10 Å². The lowest BCUT2D eigenvalue weighted by Gasteiger charge is -2.12. The Kier molecular flexibility index (Phi) is 8.04. The molecule has 2 N–H and O–H groups in total. The average molecular weight is 639 g/mol. The first kappa shape index (κ1) is 30.2. The number of ether oxygens (including phenoxy) is 2. The highest BCUT2D eigenvalue weighted by molar-refractivity contribution is 6.01. The normalized spacial score (nSPS) is 11.2. The molecule has 0 radical (unpaired) electrons. The van der Waals surface area contributed by atoms with E-state index in [2.05, 4.69) is 4.98 Å². The first-order valence-corrected chi connectivity index (χ1v) is 15.4. The summed E-state index contributed by atoms with van der Waals surface area (Å²) in [5.41, 5.74) is 5.24. The molecule has 0 spiro atoms. The predicted molar refractivity (Wildman–Crippen MR) is 184 cm³/mol. The topological polar surface area (TPSA) is 133 Å². The van der Waals surface area contributed by atoms with Crippen LogP contribution in [-0.2, 0) is 6.42 Å². The number of nitrogens with zero attached hydrogens (tertiary/aromatic N) is 3. The van der Waals surface area contributed by atoms with Gasteiger partial charge in [-0.05, 0) is 37.3 Å². The maximum Gasteiger partial charge on any atom is 0.512 e.